The van der Waals surface area contributed by atoms with Crippen LogP contribution in [0.1, 0.15) is 21.5 Å². The fraction of sp³-hybridized carbons (Fsp3) is 0.136. The second-order valence-corrected chi connectivity index (χ2v) is 7.50. The van der Waals surface area contributed by atoms with Gasteiger partial charge in [-0.3, -0.25) is 4.79 Å². The van der Waals surface area contributed by atoms with E-state index in [1.807, 2.05) is 44.2 Å². The maximum absolute atomic E-state index is 13.0. The van der Waals surface area contributed by atoms with Crippen molar-refractivity contribution in [3.63, 3.8) is 0 Å². The summed E-state index contributed by atoms with van der Waals surface area (Å²) in [6.45, 7) is 3.81. The number of hydrogen-bond acceptors (Lipinski definition) is 5. The molecule has 0 spiro atoms. The number of hydrogen-bond donors (Lipinski definition) is 1. The van der Waals surface area contributed by atoms with Gasteiger partial charge in [0.05, 0.1) is 12.7 Å². The standard InChI is InChI=1S/C22H18BrN3O3/c1-12-10-14(23)11-16(19(12)28-3)21(27)25-17-7-4-6-15(13(17)2)22-26-20-18(29-22)8-5-9-24-20/h4-11H,1-3H3,(H,25,27). The van der Waals surface area contributed by atoms with Crippen molar-refractivity contribution in [2.24, 2.45) is 0 Å². The van der Waals surface area contributed by atoms with Crippen LogP contribution >= 0.6 is 15.9 Å². The van der Waals surface area contributed by atoms with Crippen molar-refractivity contribution >= 4 is 38.8 Å². The predicted molar refractivity (Wildman–Crippen MR) is 115 cm³/mol. The van der Waals surface area contributed by atoms with Crippen molar-refractivity contribution in [2.45, 2.75) is 13.8 Å². The van der Waals surface area contributed by atoms with Crippen LogP contribution in [0.2, 0.25) is 0 Å². The maximum Gasteiger partial charge on any atom is 0.259 e. The molecule has 0 atom stereocenters. The number of aromatic nitrogens is 2. The van der Waals surface area contributed by atoms with Gasteiger partial charge in [-0.1, -0.05) is 22.0 Å². The van der Waals surface area contributed by atoms with Crippen LogP contribution < -0.4 is 10.1 Å². The van der Waals surface area contributed by atoms with Crippen LogP contribution in [0.4, 0.5) is 5.69 Å². The number of benzene rings is 2. The number of aryl methyl sites for hydroxylation is 1. The van der Waals surface area contributed by atoms with Gasteiger partial charge in [0.1, 0.15) is 5.75 Å². The molecule has 1 N–H and O–H groups in total. The lowest BCUT2D eigenvalue weighted by atomic mass is 10.1. The Morgan fingerprint density at radius 2 is 2.00 bits per heavy atom. The smallest absolute Gasteiger partial charge is 0.259 e. The van der Waals surface area contributed by atoms with Crippen LogP contribution in [0.5, 0.6) is 5.75 Å². The SMILES string of the molecule is COc1c(C)cc(Br)cc1C(=O)Nc1cccc(-c2nc3ncccc3o2)c1C. The van der Waals surface area contributed by atoms with Crippen molar-refractivity contribution in [3.05, 3.63) is 69.8 Å². The van der Waals surface area contributed by atoms with Gasteiger partial charge in [-0.05, 0) is 61.4 Å². The van der Waals surface area contributed by atoms with Crippen molar-refractivity contribution < 1.29 is 13.9 Å². The Balaban J connectivity index is 1.70. The van der Waals surface area contributed by atoms with Crippen LogP contribution in [0, 0.1) is 13.8 Å². The number of oxazole rings is 1. The highest BCUT2D eigenvalue weighted by molar-refractivity contribution is 9.10. The summed E-state index contributed by atoms with van der Waals surface area (Å²) >= 11 is 3.44. The van der Waals surface area contributed by atoms with Crippen LogP contribution in [0.15, 0.2) is 57.6 Å². The molecular formula is C22H18BrN3O3. The minimum atomic E-state index is -0.259. The summed E-state index contributed by atoms with van der Waals surface area (Å²) < 4.78 is 12.1. The van der Waals surface area contributed by atoms with Gasteiger partial charge in [-0.2, -0.15) is 4.98 Å². The number of nitrogens with one attached hydrogen (secondary N) is 1. The monoisotopic (exact) mass is 451 g/mol. The minimum Gasteiger partial charge on any atom is -0.496 e. The fourth-order valence-electron chi connectivity index (χ4n) is 3.25. The highest BCUT2D eigenvalue weighted by Gasteiger charge is 2.18. The number of rotatable bonds is 4. The Kier molecular flexibility index (Phi) is 5.07. The van der Waals surface area contributed by atoms with E-state index < -0.39 is 0 Å². The molecule has 0 saturated heterocycles. The van der Waals surface area contributed by atoms with Gasteiger partial charge in [0.2, 0.25) is 5.89 Å². The number of halogens is 1. The molecule has 6 nitrogen and oxygen atoms in total. The second kappa shape index (κ2) is 7.67. The lowest BCUT2D eigenvalue weighted by molar-refractivity contribution is 0.102. The van der Waals surface area contributed by atoms with Gasteiger partial charge >= 0.3 is 0 Å². The number of amides is 1. The summed E-state index contributed by atoms with van der Waals surface area (Å²) in [7, 11) is 1.56. The van der Waals surface area contributed by atoms with E-state index >= 15 is 0 Å². The Bertz CT molecular complexity index is 1200. The van der Waals surface area contributed by atoms with Crippen LogP contribution in [-0.2, 0) is 0 Å². The molecule has 0 aliphatic rings. The van der Waals surface area contributed by atoms with E-state index in [1.165, 1.54) is 0 Å². The van der Waals surface area contributed by atoms with Gasteiger partial charge in [0.15, 0.2) is 11.2 Å². The summed E-state index contributed by atoms with van der Waals surface area (Å²) in [4.78, 5) is 21.6. The lowest BCUT2D eigenvalue weighted by Crippen LogP contribution is -2.15. The molecule has 4 aromatic rings. The number of fused-ring (bicyclic) bond motifs is 1. The zero-order valence-electron chi connectivity index (χ0n) is 16.1. The fourth-order valence-corrected chi connectivity index (χ4v) is 3.82. The largest absolute Gasteiger partial charge is 0.496 e. The molecule has 0 fully saturated rings. The number of carbonyl (C=O) groups excluding carboxylic acids is 1. The zero-order chi connectivity index (χ0) is 20.5. The molecule has 0 aliphatic carbocycles. The molecule has 4 rings (SSSR count). The van der Waals surface area contributed by atoms with Gasteiger partial charge in [0, 0.05) is 21.9 Å². The third-order valence-corrected chi connectivity index (χ3v) is 5.12. The van der Waals surface area contributed by atoms with Crippen molar-refractivity contribution in [1.82, 2.24) is 9.97 Å². The van der Waals surface area contributed by atoms with Crippen molar-refractivity contribution in [1.29, 1.82) is 0 Å². The average Bonchev–Trinajstić information content (AvgIpc) is 3.13. The molecule has 0 bridgehead atoms. The number of methoxy groups -OCH3 is 1. The van der Waals surface area contributed by atoms with Crippen LogP contribution in [-0.4, -0.2) is 23.0 Å². The third kappa shape index (κ3) is 3.61. The molecule has 1 amide bonds. The molecule has 0 aliphatic heterocycles. The van der Waals surface area contributed by atoms with Crippen molar-refractivity contribution in [2.75, 3.05) is 12.4 Å². The highest BCUT2D eigenvalue weighted by Crippen LogP contribution is 2.32. The zero-order valence-corrected chi connectivity index (χ0v) is 17.7. The van der Waals surface area contributed by atoms with Crippen LogP contribution in [0.25, 0.3) is 22.7 Å². The van der Waals surface area contributed by atoms with E-state index in [0.717, 1.165) is 21.2 Å². The Morgan fingerprint density at radius 1 is 1.17 bits per heavy atom. The molecule has 0 saturated carbocycles. The van der Waals surface area contributed by atoms with E-state index in [2.05, 4.69) is 31.2 Å². The number of ether oxygens (including phenoxy) is 1. The maximum atomic E-state index is 13.0. The van der Waals surface area contributed by atoms with E-state index in [4.69, 9.17) is 9.15 Å². The first kappa shape index (κ1) is 19.1. The third-order valence-electron chi connectivity index (χ3n) is 4.67. The Morgan fingerprint density at radius 3 is 2.76 bits per heavy atom. The molecule has 0 unspecified atom stereocenters. The average molecular weight is 452 g/mol. The number of nitrogens with zero attached hydrogens (tertiary/aromatic N) is 2. The van der Waals surface area contributed by atoms with Gasteiger partial charge < -0.3 is 14.5 Å². The van der Waals surface area contributed by atoms with E-state index in [1.54, 1.807) is 25.4 Å². The second-order valence-electron chi connectivity index (χ2n) is 6.58. The van der Waals surface area contributed by atoms with Gasteiger partial charge in [-0.15, -0.1) is 0 Å². The Labute approximate surface area is 176 Å². The number of anilines is 1. The lowest BCUT2D eigenvalue weighted by Gasteiger charge is -2.14. The summed E-state index contributed by atoms with van der Waals surface area (Å²) in [5.74, 6) is 0.749. The van der Waals surface area contributed by atoms with Crippen molar-refractivity contribution in [3.8, 4) is 17.2 Å². The highest BCUT2D eigenvalue weighted by atomic mass is 79.9. The molecule has 146 valence electrons. The topological polar surface area (TPSA) is 77.2 Å². The summed E-state index contributed by atoms with van der Waals surface area (Å²) in [5, 5.41) is 2.97. The molecule has 29 heavy (non-hydrogen) atoms. The van der Waals surface area contributed by atoms with Gasteiger partial charge in [-0.25, -0.2) is 4.98 Å². The molecule has 2 heterocycles. The quantitative estimate of drug-likeness (QED) is 0.441. The molecule has 2 aromatic carbocycles. The van der Waals surface area contributed by atoms with Gasteiger partial charge in [0.25, 0.3) is 5.91 Å². The van der Waals surface area contributed by atoms with E-state index in [0.29, 0.717) is 34.1 Å². The van der Waals surface area contributed by atoms with Crippen LogP contribution in [0.3, 0.4) is 0 Å². The molecule has 7 heteroatoms. The minimum absolute atomic E-state index is 0.259. The summed E-state index contributed by atoms with van der Waals surface area (Å²) in [6, 6.07) is 12.9. The number of pyridine rings is 1. The predicted octanol–water partition coefficient (Wildman–Crippen LogP) is 5.53. The summed E-state index contributed by atoms with van der Waals surface area (Å²) in [6.07, 6.45) is 1.67. The van der Waals surface area contributed by atoms with E-state index in [-0.39, 0.29) is 5.91 Å². The van der Waals surface area contributed by atoms with E-state index in [9.17, 15) is 4.79 Å². The molecule has 0 radical (unpaired) electrons. The first-order valence-electron chi connectivity index (χ1n) is 8.95. The molecular weight excluding hydrogens is 434 g/mol. The Hall–Kier alpha value is -3.19. The first-order chi connectivity index (χ1) is 14.0. The first-order valence-corrected chi connectivity index (χ1v) is 9.74. The normalized spacial score (nSPS) is 10.9. The summed E-state index contributed by atoms with van der Waals surface area (Å²) in [5.41, 5.74) is 4.79. The molecule has 2 aromatic heterocycles. The number of carbonyl (C=O) groups is 1.